The lowest BCUT2D eigenvalue weighted by Gasteiger charge is -2.35. The Morgan fingerprint density at radius 3 is 2.67 bits per heavy atom. The molecule has 0 bridgehead atoms. The van der Waals surface area contributed by atoms with E-state index in [9.17, 15) is 13.5 Å². The van der Waals surface area contributed by atoms with Crippen molar-refractivity contribution in [3.63, 3.8) is 0 Å². The van der Waals surface area contributed by atoms with Crippen LogP contribution in [0, 0.1) is 0 Å². The van der Waals surface area contributed by atoms with E-state index in [-0.39, 0.29) is 12.3 Å². The number of hydrogen-bond donors (Lipinski definition) is 2. The molecule has 1 heterocycles. The summed E-state index contributed by atoms with van der Waals surface area (Å²) in [6, 6.07) is 6.82. The van der Waals surface area contributed by atoms with E-state index in [1.807, 2.05) is 0 Å². The average molecular weight is 314 g/mol. The summed E-state index contributed by atoms with van der Waals surface area (Å²) in [6.07, 6.45) is 0.899. The minimum atomic E-state index is -3.49. The van der Waals surface area contributed by atoms with Crippen LogP contribution >= 0.6 is 0 Å². The molecule has 0 spiro atoms. The lowest BCUT2D eigenvalue weighted by atomic mass is 9.95. The number of nitrogens with zero attached hydrogens (tertiary/aromatic N) is 1. The van der Waals surface area contributed by atoms with Crippen molar-refractivity contribution in [3.8, 4) is 0 Å². The number of hydrogen-bond acceptors (Lipinski definition) is 5. The second-order valence-corrected chi connectivity index (χ2v) is 7.67. The molecule has 7 heteroatoms. The van der Waals surface area contributed by atoms with Crippen LogP contribution in [0.2, 0.25) is 0 Å². The molecule has 0 amide bonds. The second kappa shape index (κ2) is 6.31. The molecule has 1 aromatic rings. The summed E-state index contributed by atoms with van der Waals surface area (Å²) in [7, 11) is -2.00. The summed E-state index contributed by atoms with van der Waals surface area (Å²) >= 11 is 0. The van der Waals surface area contributed by atoms with Gasteiger partial charge >= 0.3 is 0 Å². The monoisotopic (exact) mass is 314 g/mol. The molecule has 3 N–H and O–H groups in total. The Morgan fingerprint density at radius 1 is 1.38 bits per heavy atom. The first-order chi connectivity index (χ1) is 9.81. The van der Waals surface area contributed by atoms with Gasteiger partial charge in [-0.15, -0.1) is 0 Å². The molecule has 1 aliphatic rings. The molecule has 1 saturated heterocycles. The maximum absolute atomic E-state index is 12.4. The first-order valence-corrected chi connectivity index (χ1v) is 8.50. The molecule has 6 nitrogen and oxygen atoms in total. The fraction of sp³-hybridized carbons (Fsp3) is 0.571. The standard InChI is InChI=1S/C14H22N2O4S/c1-16(11-14(17)5-7-20-8-6-14)21(18,19)10-12-3-2-4-13(15)9-12/h2-4,9,17H,5-8,10-11,15H2,1H3. The van der Waals surface area contributed by atoms with Gasteiger partial charge in [-0.05, 0) is 17.7 Å². The number of sulfonamides is 1. The van der Waals surface area contributed by atoms with Crippen molar-refractivity contribution < 1.29 is 18.3 Å². The predicted molar refractivity (Wildman–Crippen MR) is 81.1 cm³/mol. The van der Waals surface area contributed by atoms with Gasteiger partial charge in [0.05, 0.1) is 11.4 Å². The van der Waals surface area contributed by atoms with Crippen molar-refractivity contribution >= 4 is 15.7 Å². The number of anilines is 1. The SMILES string of the molecule is CN(CC1(O)CCOCC1)S(=O)(=O)Cc1cccc(N)c1. The molecule has 0 aromatic heterocycles. The largest absolute Gasteiger partial charge is 0.399 e. The Morgan fingerprint density at radius 2 is 2.05 bits per heavy atom. The fourth-order valence-electron chi connectivity index (χ4n) is 2.43. The first-order valence-electron chi connectivity index (χ1n) is 6.89. The molecule has 1 aromatic carbocycles. The number of benzene rings is 1. The van der Waals surface area contributed by atoms with Crippen molar-refractivity contribution in [2.45, 2.75) is 24.2 Å². The Balaban J connectivity index is 2.04. The van der Waals surface area contributed by atoms with E-state index in [4.69, 9.17) is 10.5 Å². The number of rotatable bonds is 5. The molecular formula is C14H22N2O4S. The van der Waals surface area contributed by atoms with Crippen molar-refractivity contribution in [1.82, 2.24) is 4.31 Å². The van der Waals surface area contributed by atoms with Crippen LogP contribution in [-0.2, 0) is 20.5 Å². The Hall–Kier alpha value is -1.15. The molecule has 0 radical (unpaired) electrons. The van der Waals surface area contributed by atoms with Crippen LogP contribution < -0.4 is 5.73 Å². The van der Waals surface area contributed by atoms with Gasteiger partial charge in [-0.1, -0.05) is 12.1 Å². The highest BCUT2D eigenvalue weighted by Crippen LogP contribution is 2.23. The van der Waals surface area contributed by atoms with Gasteiger partial charge in [0, 0.05) is 45.3 Å². The number of nitrogens with two attached hydrogens (primary N) is 1. The second-order valence-electron chi connectivity index (χ2n) is 5.59. The molecule has 0 unspecified atom stereocenters. The van der Waals surface area contributed by atoms with Gasteiger partial charge in [-0.2, -0.15) is 0 Å². The molecule has 2 rings (SSSR count). The molecule has 0 saturated carbocycles. The zero-order valence-electron chi connectivity index (χ0n) is 12.2. The van der Waals surface area contributed by atoms with E-state index < -0.39 is 15.6 Å². The maximum atomic E-state index is 12.4. The summed E-state index contributed by atoms with van der Waals surface area (Å²) < 4.78 is 31.2. The van der Waals surface area contributed by atoms with E-state index in [2.05, 4.69) is 0 Å². The van der Waals surface area contributed by atoms with Gasteiger partial charge in [0.25, 0.3) is 0 Å². The van der Waals surface area contributed by atoms with Crippen LogP contribution in [0.4, 0.5) is 5.69 Å². The Bertz CT molecular complexity index is 582. The van der Waals surface area contributed by atoms with Crippen LogP contribution in [-0.4, -0.2) is 50.2 Å². The molecular weight excluding hydrogens is 292 g/mol. The predicted octanol–water partition coefficient (Wildman–Crippen LogP) is 0.572. The van der Waals surface area contributed by atoms with E-state index >= 15 is 0 Å². The molecule has 0 atom stereocenters. The quantitative estimate of drug-likeness (QED) is 0.775. The van der Waals surface area contributed by atoms with E-state index in [0.29, 0.717) is 37.3 Å². The van der Waals surface area contributed by atoms with Crippen LogP contribution in [0.15, 0.2) is 24.3 Å². The summed E-state index contributed by atoms with van der Waals surface area (Å²) in [5, 5.41) is 10.4. The third kappa shape index (κ3) is 4.41. The van der Waals surface area contributed by atoms with Gasteiger partial charge in [0.15, 0.2) is 0 Å². The molecule has 0 aliphatic carbocycles. The van der Waals surface area contributed by atoms with E-state index in [1.165, 1.54) is 11.4 Å². The van der Waals surface area contributed by atoms with Gasteiger partial charge in [0.1, 0.15) is 0 Å². The van der Waals surface area contributed by atoms with Gasteiger partial charge in [-0.25, -0.2) is 12.7 Å². The van der Waals surface area contributed by atoms with Crippen molar-refractivity contribution in [1.29, 1.82) is 0 Å². The highest BCUT2D eigenvalue weighted by atomic mass is 32.2. The van der Waals surface area contributed by atoms with Crippen LogP contribution in [0.1, 0.15) is 18.4 Å². The van der Waals surface area contributed by atoms with Crippen molar-refractivity contribution in [2.75, 3.05) is 32.5 Å². The highest BCUT2D eigenvalue weighted by molar-refractivity contribution is 7.88. The molecule has 1 aliphatic heterocycles. The minimum absolute atomic E-state index is 0.0843. The summed E-state index contributed by atoms with van der Waals surface area (Å²) in [4.78, 5) is 0. The Kier molecular flexibility index (Phi) is 4.88. The number of likely N-dealkylation sites (N-methyl/N-ethyl adjacent to an activating group) is 1. The van der Waals surface area contributed by atoms with E-state index in [1.54, 1.807) is 24.3 Å². The average Bonchev–Trinajstić information content (AvgIpc) is 2.38. The zero-order valence-corrected chi connectivity index (χ0v) is 13.0. The lowest BCUT2D eigenvalue weighted by Crippen LogP contribution is -2.47. The highest BCUT2D eigenvalue weighted by Gasteiger charge is 2.34. The number of nitrogen functional groups attached to an aromatic ring is 1. The Labute approximate surface area is 125 Å². The minimum Gasteiger partial charge on any atom is -0.399 e. The summed E-state index contributed by atoms with van der Waals surface area (Å²) in [5.74, 6) is -0.124. The summed E-state index contributed by atoms with van der Waals surface area (Å²) in [6.45, 7) is 1.00. The van der Waals surface area contributed by atoms with Crippen LogP contribution in [0.5, 0.6) is 0 Å². The third-order valence-electron chi connectivity index (χ3n) is 3.72. The lowest BCUT2D eigenvalue weighted by molar-refractivity contribution is -0.0689. The van der Waals surface area contributed by atoms with Gasteiger partial charge in [0.2, 0.25) is 10.0 Å². The normalized spacial score (nSPS) is 18.8. The van der Waals surface area contributed by atoms with Crippen LogP contribution in [0.25, 0.3) is 0 Å². The summed E-state index contributed by atoms with van der Waals surface area (Å²) in [5.41, 5.74) is 5.83. The smallest absolute Gasteiger partial charge is 0.218 e. The topological polar surface area (TPSA) is 92.9 Å². The first kappa shape index (κ1) is 16.2. The third-order valence-corrected chi connectivity index (χ3v) is 5.49. The van der Waals surface area contributed by atoms with Gasteiger partial charge < -0.3 is 15.6 Å². The fourth-order valence-corrected chi connectivity index (χ4v) is 3.68. The van der Waals surface area contributed by atoms with Gasteiger partial charge in [-0.3, -0.25) is 0 Å². The number of ether oxygens (including phenoxy) is 1. The molecule has 1 fully saturated rings. The van der Waals surface area contributed by atoms with Crippen LogP contribution in [0.3, 0.4) is 0 Å². The van der Waals surface area contributed by atoms with Crippen molar-refractivity contribution in [3.05, 3.63) is 29.8 Å². The van der Waals surface area contributed by atoms with Crippen molar-refractivity contribution in [2.24, 2.45) is 0 Å². The maximum Gasteiger partial charge on any atom is 0.218 e. The number of aliphatic hydroxyl groups is 1. The zero-order chi connectivity index (χ0) is 15.5. The molecule has 118 valence electrons. The van der Waals surface area contributed by atoms with E-state index in [0.717, 1.165) is 0 Å². The molecule has 21 heavy (non-hydrogen) atoms.